The van der Waals surface area contributed by atoms with Crippen LogP contribution in [0.1, 0.15) is 53.4 Å². The van der Waals surface area contributed by atoms with Crippen LogP contribution in [0, 0.1) is 12.2 Å². The molecule has 125 valence electrons. The summed E-state index contributed by atoms with van der Waals surface area (Å²) in [6.45, 7) is 13.0. The van der Waals surface area contributed by atoms with Crippen molar-refractivity contribution in [1.82, 2.24) is 0 Å². The van der Waals surface area contributed by atoms with Gasteiger partial charge in [-0.05, 0) is 0 Å². The molecular formula is C18H31Cl2SiZr. The average Bonchev–Trinajstić information content (AvgIpc) is 2.99. The van der Waals surface area contributed by atoms with Gasteiger partial charge in [0.25, 0.3) is 0 Å². The maximum absolute atomic E-state index is 3.24. The fourth-order valence-corrected chi connectivity index (χ4v) is 1.78. The summed E-state index contributed by atoms with van der Waals surface area (Å²) in [6.07, 6.45) is 15.4. The fourth-order valence-electron chi connectivity index (χ4n) is 1.78. The third kappa shape index (κ3) is 15.5. The van der Waals surface area contributed by atoms with E-state index in [4.69, 9.17) is 0 Å². The third-order valence-corrected chi connectivity index (χ3v) is 2.94. The zero-order valence-corrected chi connectivity index (χ0v) is 20.1. The van der Waals surface area contributed by atoms with Gasteiger partial charge >= 0.3 is 26.2 Å². The van der Waals surface area contributed by atoms with Crippen LogP contribution in [0.3, 0.4) is 0 Å². The van der Waals surface area contributed by atoms with Crippen molar-refractivity contribution in [2.45, 2.75) is 66.5 Å². The maximum atomic E-state index is 3.24. The first-order chi connectivity index (χ1) is 9.07. The second-order valence-corrected chi connectivity index (χ2v) is 6.12. The molecule has 2 rings (SSSR count). The summed E-state index contributed by atoms with van der Waals surface area (Å²) in [7, 11) is 0.750. The quantitative estimate of drug-likeness (QED) is 0.351. The SMILES string of the molecule is CCC1=CC(C)=[C-]C1.CCC1=CC(C)=[C-]C1.C[SiH]C.Cl.Cl.[Zr+2]. The van der Waals surface area contributed by atoms with Crippen molar-refractivity contribution in [3.05, 3.63) is 46.6 Å². The molecule has 0 nitrogen and oxygen atoms in total. The van der Waals surface area contributed by atoms with Crippen LogP contribution in [0.5, 0.6) is 0 Å². The summed E-state index contributed by atoms with van der Waals surface area (Å²) in [4.78, 5) is 0. The zero-order valence-electron chi connectivity index (χ0n) is 14.9. The van der Waals surface area contributed by atoms with Crippen LogP contribution in [0.25, 0.3) is 0 Å². The predicted molar refractivity (Wildman–Crippen MR) is 104 cm³/mol. The second kappa shape index (κ2) is 19.7. The van der Waals surface area contributed by atoms with Crippen molar-refractivity contribution < 1.29 is 26.2 Å². The van der Waals surface area contributed by atoms with Crippen LogP contribution < -0.4 is 0 Å². The molecule has 0 unspecified atom stereocenters. The summed E-state index contributed by atoms with van der Waals surface area (Å²) in [6, 6.07) is 0. The molecule has 0 aromatic heterocycles. The second-order valence-electron chi connectivity index (χ2n) is 4.96. The van der Waals surface area contributed by atoms with Gasteiger partial charge in [-0.3, -0.25) is 12.2 Å². The van der Waals surface area contributed by atoms with Gasteiger partial charge in [0, 0.05) is 9.52 Å². The van der Waals surface area contributed by atoms with E-state index in [1.165, 1.54) is 35.1 Å². The largest absolute Gasteiger partial charge is 2.00 e. The molecule has 0 aromatic rings. The molecule has 0 fully saturated rings. The Balaban J connectivity index is -0.000000112. The van der Waals surface area contributed by atoms with Crippen LogP contribution >= 0.6 is 24.8 Å². The van der Waals surface area contributed by atoms with E-state index in [0.29, 0.717) is 0 Å². The molecule has 4 heteroatoms. The third-order valence-electron chi connectivity index (χ3n) is 2.94. The molecule has 0 spiro atoms. The topological polar surface area (TPSA) is 0 Å². The molecule has 0 N–H and O–H groups in total. The number of allylic oxidation sites excluding steroid dienone is 8. The Bertz CT molecular complexity index is 347. The van der Waals surface area contributed by atoms with Gasteiger partial charge in [-0.25, -0.2) is 23.3 Å². The van der Waals surface area contributed by atoms with Gasteiger partial charge in [0.1, 0.15) is 0 Å². The average molecular weight is 438 g/mol. The summed E-state index contributed by atoms with van der Waals surface area (Å²) >= 11 is 0. The molecule has 0 bridgehead atoms. The molecule has 0 heterocycles. The van der Waals surface area contributed by atoms with E-state index >= 15 is 0 Å². The Morgan fingerprint density at radius 1 is 0.864 bits per heavy atom. The molecule has 0 amide bonds. The monoisotopic (exact) mass is 435 g/mol. The minimum absolute atomic E-state index is 0. The van der Waals surface area contributed by atoms with Crippen LogP contribution in [-0.4, -0.2) is 9.52 Å². The maximum Gasteiger partial charge on any atom is 2.00 e. The van der Waals surface area contributed by atoms with E-state index in [-0.39, 0.29) is 51.0 Å². The van der Waals surface area contributed by atoms with Gasteiger partial charge in [0.15, 0.2) is 0 Å². The minimum atomic E-state index is 0. The number of hydrogen-bond donors (Lipinski definition) is 0. The van der Waals surface area contributed by atoms with E-state index in [0.717, 1.165) is 22.4 Å². The van der Waals surface area contributed by atoms with Crippen LogP contribution in [0.15, 0.2) is 34.4 Å². The molecule has 0 saturated heterocycles. The smallest absolute Gasteiger partial charge is 0.269 e. The minimum Gasteiger partial charge on any atom is -0.269 e. The fraction of sp³-hybridized carbons (Fsp3) is 0.556. The Labute approximate surface area is 172 Å². The first kappa shape index (κ1) is 30.5. The van der Waals surface area contributed by atoms with Gasteiger partial charge in [0.2, 0.25) is 0 Å². The molecule has 0 aliphatic heterocycles. The molecular weight excluding hydrogens is 406 g/mol. The number of rotatable bonds is 2. The van der Waals surface area contributed by atoms with Gasteiger partial charge in [-0.15, -0.1) is 37.7 Å². The first-order valence-electron chi connectivity index (χ1n) is 7.34. The van der Waals surface area contributed by atoms with Crippen molar-refractivity contribution >= 4 is 34.3 Å². The normalized spacial score (nSPS) is 14.1. The molecule has 0 atom stereocenters. The van der Waals surface area contributed by atoms with Crippen LogP contribution in [0.2, 0.25) is 13.1 Å². The van der Waals surface area contributed by atoms with Crippen molar-refractivity contribution in [2.24, 2.45) is 0 Å². The molecule has 2 aliphatic carbocycles. The summed E-state index contributed by atoms with van der Waals surface area (Å²) in [5, 5.41) is 0. The first-order valence-corrected chi connectivity index (χ1v) is 9.65. The van der Waals surface area contributed by atoms with Crippen molar-refractivity contribution in [1.29, 1.82) is 0 Å². The predicted octanol–water partition coefficient (Wildman–Crippen LogP) is 6.31. The molecule has 1 radical (unpaired) electrons. The Morgan fingerprint density at radius 3 is 1.23 bits per heavy atom. The molecule has 2 aliphatic rings. The summed E-state index contributed by atoms with van der Waals surface area (Å²) in [5.74, 6) is 0. The van der Waals surface area contributed by atoms with E-state index in [1.54, 1.807) is 0 Å². The van der Waals surface area contributed by atoms with Gasteiger partial charge in [0.05, 0.1) is 0 Å². The Morgan fingerprint density at radius 2 is 1.14 bits per heavy atom. The van der Waals surface area contributed by atoms with Gasteiger partial charge < -0.3 is 0 Å². The Hall–Kier alpha value is 0.640. The summed E-state index contributed by atoms with van der Waals surface area (Å²) < 4.78 is 0. The van der Waals surface area contributed by atoms with Crippen molar-refractivity contribution in [2.75, 3.05) is 0 Å². The van der Waals surface area contributed by atoms with Crippen LogP contribution in [0.4, 0.5) is 0 Å². The standard InChI is InChI=1S/2C8H11.C2H7Si.2ClH.Zr/c2*1-3-8-5-4-7(2)6-8;1-3-2;;;/h2*6H,3,5H2,1-2H3;3H,1-2H3;2*1H;/q2*-1;;;;+2. The van der Waals surface area contributed by atoms with Gasteiger partial charge in [-0.1, -0.05) is 53.6 Å². The molecule has 0 aromatic carbocycles. The zero-order chi connectivity index (χ0) is 14.7. The number of halogens is 2. The van der Waals surface area contributed by atoms with E-state index in [9.17, 15) is 0 Å². The van der Waals surface area contributed by atoms with E-state index < -0.39 is 0 Å². The molecule has 22 heavy (non-hydrogen) atoms. The van der Waals surface area contributed by atoms with E-state index in [2.05, 4.69) is 65.1 Å². The van der Waals surface area contributed by atoms with Crippen LogP contribution in [-0.2, 0) is 26.2 Å². The van der Waals surface area contributed by atoms with E-state index in [1.807, 2.05) is 0 Å². The Kier molecular flexibility index (Phi) is 27.3. The summed E-state index contributed by atoms with van der Waals surface area (Å²) in [5.41, 5.74) is 5.65. The molecule has 0 saturated carbocycles. The van der Waals surface area contributed by atoms with Crippen molar-refractivity contribution in [3.63, 3.8) is 0 Å². The van der Waals surface area contributed by atoms with Gasteiger partial charge in [-0.2, -0.15) is 11.1 Å². The number of hydrogen-bond acceptors (Lipinski definition) is 0. The van der Waals surface area contributed by atoms with Crippen molar-refractivity contribution in [3.8, 4) is 0 Å².